The van der Waals surface area contributed by atoms with Crippen molar-refractivity contribution >= 4 is 66.1 Å². The van der Waals surface area contributed by atoms with Crippen LogP contribution in [0.4, 0.5) is 16.4 Å². The molecule has 44 heavy (non-hydrogen) atoms. The van der Waals surface area contributed by atoms with E-state index in [1.807, 2.05) is 63.2 Å². The van der Waals surface area contributed by atoms with Gasteiger partial charge in [-0.05, 0) is 45.0 Å². The number of fused-ring (bicyclic) bond motifs is 4. The first-order valence-corrected chi connectivity index (χ1v) is 15.6. The van der Waals surface area contributed by atoms with Crippen LogP contribution in [0.15, 0.2) is 69.9 Å². The summed E-state index contributed by atoms with van der Waals surface area (Å²) in [6.07, 6.45) is -0.397. The van der Waals surface area contributed by atoms with Gasteiger partial charge in [-0.3, -0.25) is 9.59 Å². The van der Waals surface area contributed by atoms with Gasteiger partial charge in [0.1, 0.15) is 11.2 Å². The van der Waals surface area contributed by atoms with Crippen LogP contribution in [0.1, 0.15) is 20.8 Å². The Labute approximate surface area is 257 Å². The predicted molar refractivity (Wildman–Crippen MR) is 174 cm³/mol. The summed E-state index contributed by atoms with van der Waals surface area (Å²) in [5.41, 5.74) is 2.48. The van der Waals surface area contributed by atoms with Crippen molar-refractivity contribution in [1.82, 2.24) is 4.90 Å². The molecule has 0 bridgehead atoms. The van der Waals surface area contributed by atoms with Crippen LogP contribution < -0.4 is 15.6 Å². The number of nitrogens with zero attached hydrogens (tertiary/aromatic N) is 2. The molecule has 0 saturated carbocycles. The van der Waals surface area contributed by atoms with Gasteiger partial charge < -0.3 is 29.0 Å². The minimum atomic E-state index is -0.573. The van der Waals surface area contributed by atoms with E-state index in [2.05, 4.69) is 22.3 Å². The lowest BCUT2D eigenvalue weighted by Gasteiger charge is -2.38. The number of hydrogen-bond acceptors (Lipinski definition) is 8. The van der Waals surface area contributed by atoms with Crippen LogP contribution >= 0.6 is 11.3 Å². The molecule has 0 unspecified atom stereocenters. The minimum absolute atomic E-state index is 0.0702. The zero-order valence-electron chi connectivity index (χ0n) is 24.8. The average molecular weight is 612 g/mol. The number of ether oxygens (including phenoxy) is 2. The lowest BCUT2D eigenvalue weighted by atomic mass is 9.99. The molecule has 2 aliphatic rings. The third-order valence-corrected chi connectivity index (χ3v) is 9.24. The van der Waals surface area contributed by atoms with Crippen molar-refractivity contribution in [3.63, 3.8) is 0 Å². The first-order chi connectivity index (χ1) is 21.1. The number of para-hydroxylation sites is 1. The van der Waals surface area contributed by atoms with Gasteiger partial charge in [0.15, 0.2) is 11.3 Å². The Morgan fingerprint density at radius 3 is 2.41 bits per heavy atom. The maximum Gasteiger partial charge on any atom is 0.410 e. The van der Waals surface area contributed by atoms with Crippen LogP contribution in [-0.2, 0) is 14.3 Å². The molecule has 7 rings (SSSR count). The second-order valence-electron chi connectivity index (χ2n) is 12.3. The summed E-state index contributed by atoms with van der Waals surface area (Å²) in [4.78, 5) is 42.0. The molecule has 3 aromatic carbocycles. The van der Waals surface area contributed by atoms with Gasteiger partial charge >= 0.3 is 6.09 Å². The van der Waals surface area contributed by atoms with Crippen LogP contribution in [-0.4, -0.2) is 61.9 Å². The fraction of sp³-hybridized carbons (Fsp3) is 0.324. The van der Waals surface area contributed by atoms with Crippen molar-refractivity contribution in [3.8, 4) is 11.1 Å². The molecule has 0 spiro atoms. The molecule has 226 valence electrons. The van der Waals surface area contributed by atoms with Crippen molar-refractivity contribution in [2.24, 2.45) is 5.92 Å². The highest BCUT2D eigenvalue weighted by Gasteiger charge is 2.38. The summed E-state index contributed by atoms with van der Waals surface area (Å²) in [5.74, 6) is 0.154. The Hall–Kier alpha value is -4.41. The molecule has 0 atom stereocenters. The number of nitrogens with one attached hydrogen (secondary N) is 1. The molecule has 2 amide bonds. The molecule has 2 aliphatic heterocycles. The zero-order valence-corrected chi connectivity index (χ0v) is 25.7. The van der Waals surface area contributed by atoms with Crippen LogP contribution in [0, 0.1) is 5.92 Å². The van der Waals surface area contributed by atoms with E-state index in [1.54, 1.807) is 22.3 Å². The van der Waals surface area contributed by atoms with Crippen LogP contribution in [0.3, 0.4) is 0 Å². The number of thiophene rings is 1. The van der Waals surface area contributed by atoms with E-state index < -0.39 is 11.7 Å². The largest absolute Gasteiger partial charge is 0.444 e. The molecule has 2 aromatic heterocycles. The van der Waals surface area contributed by atoms with Crippen LogP contribution in [0.2, 0.25) is 0 Å². The first kappa shape index (κ1) is 28.4. The Balaban J connectivity index is 1.18. The summed E-state index contributed by atoms with van der Waals surface area (Å²) in [7, 11) is 0. The maximum absolute atomic E-state index is 13.2. The normalized spacial score (nSPS) is 16.0. The number of amides is 2. The SMILES string of the molecule is CC(C)(C)OC(=O)N1CC(C(=O)Nc2ccc3sc4c(-c5cccc6c(=O)cc(N7CCOCC7)oc56)cccc4c3c2)C1. The molecule has 0 radical (unpaired) electrons. The summed E-state index contributed by atoms with van der Waals surface area (Å²) in [6.45, 7) is 8.67. The molecule has 2 saturated heterocycles. The number of morpholine rings is 1. The highest BCUT2D eigenvalue weighted by atomic mass is 32.1. The number of benzene rings is 3. The molecule has 2 fully saturated rings. The third kappa shape index (κ3) is 5.28. The van der Waals surface area contributed by atoms with Gasteiger partial charge in [-0.2, -0.15) is 0 Å². The molecule has 9 nitrogen and oxygen atoms in total. The second kappa shape index (κ2) is 10.9. The van der Waals surface area contributed by atoms with Crippen molar-refractivity contribution < 1.29 is 23.5 Å². The average Bonchev–Trinajstić information content (AvgIpc) is 3.34. The van der Waals surface area contributed by atoms with E-state index in [0.29, 0.717) is 61.9 Å². The fourth-order valence-electron chi connectivity index (χ4n) is 5.77. The molecule has 5 aromatic rings. The molecule has 1 N–H and O–H groups in total. The van der Waals surface area contributed by atoms with Crippen LogP contribution in [0.25, 0.3) is 42.3 Å². The number of carbonyl (C=O) groups is 2. The summed E-state index contributed by atoms with van der Waals surface area (Å²) in [6, 6.07) is 19.4. The van der Waals surface area contributed by atoms with Gasteiger partial charge in [0.25, 0.3) is 0 Å². The van der Waals surface area contributed by atoms with E-state index in [0.717, 1.165) is 31.3 Å². The predicted octanol–water partition coefficient (Wildman–Crippen LogP) is 6.47. The lowest BCUT2D eigenvalue weighted by Crippen LogP contribution is -2.55. The number of hydrogen-bond donors (Lipinski definition) is 1. The number of likely N-dealkylation sites (tertiary alicyclic amines) is 1. The molecule has 10 heteroatoms. The maximum atomic E-state index is 13.2. The van der Waals surface area contributed by atoms with E-state index in [-0.39, 0.29) is 17.3 Å². The summed E-state index contributed by atoms with van der Waals surface area (Å²) < 4.78 is 19.5. The van der Waals surface area contributed by atoms with Gasteiger partial charge in [-0.1, -0.05) is 30.3 Å². The second-order valence-corrected chi connectivity index (χ2v) is 13.3. The monoisotopic (exact) mass is 611 g/mol. The highest BCUT2D eigenvalue weighted by molar-refractivity contribution is 7.26. The summed E-state index contributed by atoms with van der Waals surface area (Å²) >= 11 is 1.67. The molecule has 0 aliphatic carbocycles. The zero-order chi connectivity index (χ0) is 30.6. The quantitative estimate of drug-likeness (QED) is 0.249. The fourth-order valence-corrected chi connectivity index (χ4v) is 6.98. The lowest BCUT2D eigenvalue weighted by molar-refractivity contribution is -0.124. The van der Waals surface area contributed by atoms with E-state index >= 15 is 0 Å². The summed E-state index contributed by atoms with van der Waals surface area (Å²) in [5, 5.41) is 5.67. The van der Waals surface area contributed by atoms with E-state index in [1.165, 1.54) is 0 Å². The Morgan fingerprint density at radius 2 is 1.66 bits per heavy atom. The van der Waals surface area contributed by atoms with Crippen molar-refractivity contribution in [2.75, 3.05) is 49.6 Å². The topological polar surface area (TPSA) is 101 Å². The Kier molecular flexibility index (Phi) is 7.05. The molecular formula is C34H33N3O6S. The minimum Gasteiger partial charge on any atom is -0.444 e. The first-order valence-electron chi connectivity index (χ1n) is 14.8. The Bertz CT molecular complexity index is 1980. The number of rotatable bonds is 4. The van der Waals surface area contributed by atoms with Gasteiger partial charge in [0, 0.05) is 69.2 Å². The van der Waals surface area contributed by atoms with Gasteiger partial charge in [0.2, 0.25) is 5.91 Å². The van der Waals surface area contributed by atoms with Gasteiger partial charge in [0.05, 0.1) is 24.5 Å². The molecule has 4 heterocycles. The number of anilines is 2. The van der Waals surface area contributed by atoms with Crippen molar-refractivity contribution in [1.29, 1.82) is 0 Å². The Morgan fingerprint density at radius 1 is 0.932 bits per heavy atom. The molecular weight excluding hydrogens is 578 g/mol. The van der Waals surface area contributed by atoms with Crippen LogP contribution in [0.5, 0.6) is 0 Å². The number of carbonyl (C=O) groups excluding carboxylic acids is 2. The van der Waals surface area contributed by atoms with Crippen molar-refractivity contribution in [2.45, 2.75) is 26.4 Å². The van der Waals surface area contributed by atoms with E-state index in [4.69, 9.17) is 13.9 Å². The smallest absolute Gasteiger partial charge is 0.410 e. The third-order valence-electron chi connectivity index (χ3n) is 8.02. The van der Waals surface area contributed by atoms with Gasteiger partial charge in [-0.15, -0.1) is 11.3 Å². The van der Waals surface area contributed by atoms with E-state index in [9.17, 15) is 14.4 Å². The van der Waals surface area contributed by atoms with Gasteiger partial charge in [-0.25, -0.2) is 4.79 Å². The van der Waals surface area contributed by atoms with Crippen molar-refractivity contribution in [3.05, 3.63) is 70.9 Å². The highest BCUT2D eigenvalue weighted by Crippen LogP contribution is 2.42. The standard InChI is InChI=1S/C34H33N3O6S/c1-34(2,3)43-33(40)37-18-20(19-37)32(39)35-21-10-11-28-26(16-21)24-8-5-7-23(31(24)44-28)22-6-4-9-25-27(38)17-29(42-30(22)25)36-12-14-41-15-13-36/h4-11,16-17,20H,12-15,18-19H2,1-3H3,(H,35,39).